The van der Waals surface area contributed by atoms with E-state index in [0.717, 1.165) is 12.3 Å². The van der Waals surface area contributed by atoms with Crippen molar-refractivity contribution < 1.29 is 5.11 Å². The van der Waals surface area contributed by atoms with E-state index in [9.17, 15) is 0 Å². The summed E-state index contributed by atoms with van der Waals surface area (Å²) >= 11 is 2.69. The van der Waals surface area contributed by atoms with Gasteiger partial charge in [0, 0.05) is 6.61 Å². The minimum atomic E-state index is 0.372. The minimum absolute atomic E-state index is 0.372. The zero-order chi connectivity index (χ0) is 11.4. The fourth-order valence-electron chi connectivity index (χ4n) is 0.917. The normalized spacial score (nSPS) is 12.1. The molecule has 2 heteroatoms. The van der Waals surface area contributed by atoms with Crippen molar-refractivity contribution in [3.63, 3.8) is 0 Å². The third-order valence-electron chi connectivity index (χ3n) is 2.27. The molecule has 2 radical (unpaired) electrons. The van der Waals surface area contributed by atoms with Gasteiger partial charge in [-0.25, -0.2) is 0 Å². The highest BCUT2D eigenvalue weighted by Crippen LogP contribution is 2.10. The molecule has 1 atom stereocenters. The molecule has 0 aliphatic heterocycles. The number of aliphatic hydroxyl groups is 1. The van der Waals surface area contributed by atoms with Crippen molar-refractivity contribution in [3.8, 4) is 0 Å². The van der Waals surface area contributed by atoms with Gasteiger partial charge in [-0.15, -0.1) is 5.28 Å². The maximum Gasteiger partial charge on any atom is 0.118 e. The molecule has 14 heavy (non-hydrogen) atoms. The quantitative estimate of drug-likeness (QED) is 0.672. The van der Waals surface area contributed by atoms with Gasteiger partial charge in [0.1, 0.15) is 16.3 Å². The third kappa shape index (κ3) is 15.0. The van der Waals surface area contributed by atoms with Crippen LogP contribution in [0.3, 0.4) is 0 Å². The number of hydrogen-bond acceptors (Lipinski definition) is 1. The van der Waals surface area contributed by atoms with Crippen molar-refractivity contribution in [2.75, 3.05) is 6.61 Å². The Morgan fingerprint density at radius 3 is 1.93 bits per heavy atom. The van der Waals surface area contributed by atoms with Crippen LogP contribution in [0.2, 0.25) is 5.28 Å². The molecule has 0 aromatic carbocycles. The van der Waals surface area contributed by atoms with Gasteiger partial charge in [0.15, 0.2) is 0 Å². The van der Waals surface area contributed by atoms with Crippen molar-refractivity contribution >= 4 is 16.3 Å². The van der Waals surface area contributed by atoms with Crippen molar-refractivity contribution in [2.24, 2.45) is 11.8 Å². The molecule has 0 aliphatic carbocycles. The molecule has 1 N–H and O–H groups in total. The summed E-state index contributed by atoms with van der Waals surface area (Å²) in [5, 5.41) is 9.97. The summed E-state index contributed by atoms with van der Waals surface area (Å²) in [6.45, 7) is 9.09. The van der Waals surface area contributed by atoms with Gasteiger partial charge in [-0.1, -0.05) is 52.9 Å². The largest absolute Gasteiger partial charge is 0.396 e. The SMILES string of the molecule is CC(C)[CH2][Al].CCCCC(CC)CO. The molecule has 0 saturated heterocycles. The average molecular weight is 214 g/mol. The van der Waals surface area contributed by atoms with Gasteiger partial charge >= 0.3 is 0 Å². The fraction of sp³-hybridized carbons (Fsp3) is 1.00. The van der Waals surface area contributed by atoms with Gasteiger partial charge in [0.2, 0.25) is 0 Å². The Morgan fingerprint density at radius 1 is 1.21 bits per heavy atom. The van der Waals surface area contributed by atoms with Crippen molar-refractivity contribution in [1.29, 1.82) is 0 Å². The molecule has 1 nitrogen and oxygen atoms in total. The zero-order valence-electron chi connectivity index (χ0n) is 10.4. The molecule has 0 aromatic heterocycles. The Balaban J connectivity index is 0. The maximum absolute atomic E-state index is 8.75. The smallest absolute Gasteiger partial charge is 0.118 e. The zero-order valence-corrected chi connectivity index (χ0v) is 11.6. The number of aliphatic hydroxyl groups excluding tert-OH is 1. The molecule has 0 saturated carbocycles. The second-order valence-electron chi connectivity index (χ2n) is 4.23. The Morgan fingerprint density at radius 2 is 1.71 bits per heavy atom. The standard InChI is InChI=1S/C8H18O.C4H9.Al/c1-3-5-6-8(4-2)7-9;1-4(2)3;/h8-9H,3-7H2,1-2H3;4H,1H2,2-3H3;. The van der Waals surface area contributed by atoms with Crippen LogP contribution in [0, 0.1) is 11.8 Å². The van der Waals surface area contributed by atoms with Crippen LogP contribution < -0.4 is 0 Å². The highest BCUT2D eigenvalue weighted by atomic mass is 27.0. The summed E-state index contributed by atoms with van der Waals surface area (Å²) in [6.07, 6.45) is 4.83. The summed E-state index contributed by atoms with van der Waals surface area (Å²) in [7, 11) is 0. The molecule has 1 unspecified atom stereocenters. The van der Waals surface area contributed by atoms with Gasteiger partial charge < -0.3 is 5.11 Å². The van der Waals surface area contributed by atoms with Crippen LogP contribution >= 0.6 is 0 Å². The fourth-order valence-corrected chi connectivity index (χ4v) is 0.917. The van der Waals surface area contributed by atoms with E-state index in [0.29, 0.717) is 12.5 Å². The molecule has 0 aromatic rings. The molecule has 0 rings (SSSR count). The summed E-state index contributed by atoms with van der Waals surface area (Å²) in [6, 6.07) is 0. The molecular formula is C12H27AlO. The minimum Gasteiger partial charge on any atom is -0.396 e. The first-order chi connectivity index (χ1) is 6.62. The van der Waals surface area contributed by atoms with E-state index in [1.807, 2.05) is 0 Å². The van der Waals surface area contributed by atoms with E-state index in [-0.39, 0.29) is 0 Å². The first-order valence-electron chi connectivity index (χ1n) is 5.93. The van der Waals surface area contributed by atoms with E-state index in [4.69, 9.17) is 5.11 Å². The molecule has 0 spiro atoms. The molecule has 84 valence electrons. The molecular weight excluding hydrogens is 187 g/mol. The van der Waals surface area contributed by atoms with Crippen LogP contribution in [0.15, 0.2) is 0 Å². The lowest BCUT2D eigenvalue weighted by Gasteiger charge is -2.08. The first-order valence-corrected chi connectivity index (χ1v) is 6.74. The average Bonchev–Trinajstić information content (AvgIpc) is 2.20. The van der Waals surface area contributed by atoms with E-state index in [1.165, 1.54) is 24.5 Å². The van der Waals surface area contributed by atoms with E-state index in [2.05, 4.69) is 44.0 Å². The summed E-state index contributed by atoms with van der Waals surface area (Å²) in [5.74, 6) is 1.41. The second kappa shape index (κ2) is 13.5. The summed E-state index contributed by atoms with van der Waals surface area (Å²) in [5.41, 5.74) is 0. The van der Waals surface area contributed by atoms with Crippen LogP contribution in [0.1, 0.15) is 53.4 Å². The lowest BCUT2D eigenvalue weighted by Crippen LogP contribution is -2.03. The Labute approximate surface area is 98.7 Å². The van der Waals surface area contributed by atoms with Crippen molar-refractivity contribution in [3.05, 3.63) is 0 Å². The summed E-state index contributed by atoms with van der Waals surface area (Å²) < 4.78 is 0. The first kappa shape index (κ1) is 16.9. The lowest BCUT2D eigenvalue weighted by molar-refractivity contribution is 0.212. The molecule has 0 bridgehead atoms. The summed E-state index contributed by atoms with van der Waals surface area (Å²) in [4.78, 5) is 0. The van der Waals surface area contributed by atoms with Gasteiger partial charge in [-0.2, -0.15) is 0 Å². The number of unbranched alkanes of at least 4 members (excludes halogenated alkanes) is 1. The van der Waals surface area contributed by atoms with E-state index in [1.54, 1.807) is 0 Å². The van der Waals surface area contributed by atoms with Crippen LogP contribution in [-0.2, 0) is 0 Å². The van der Waals surface area contributed by atoms with Gasteiger partial charge in [0.05, 0.1) is 0 Å². The highest BCUT2D eigenvalue weighted by Gasteiger charge is 2.01. The Kier molecular flexibility index (Phi) is 16.3. The Bertz CT molecular complexity index is 90.3. The molecule has 0 aliphatic rings. The lowest BCUT2D eigenvalue weighted by atomic mass is 10.0. The van der Waals surface area contributed by atoms with E-state index >= 15 is 0 Å². The van der Waals surface area contributed by atoms with Gasteiger partial charge in [-0.05, 0) is 12.3 Å². The van der Waals surface area contributed by atoms with Crippen LogP contribution in [0.5, 0.6) is 0 Å². The van der Waals surface area contributed by atoms with E-state index < -0.39 is 0 Å². The van der Waals surface area contributed by atoms with Crippen molar-refractivity contribution in [2.45, 2.75) is 58.7 Å². The van der Waals surface area contributed by atoms with Gasteiger partial charge in [0.25, 0.3) is 0 Å². The highest BCUT2D eigenvalue weighted by molar-refractivity contribution is 6.08. The second-order valence-corrected chi connectivity index (χ2v) is 4.70. The van der Waals surface area contributed by atoms with Crippen molar-refractivity contribution in [1.82, 2.24) is 0 Å². The molecule has 0 fully saturated rings. The van der Waals surface area contributed by atoms with Crippen LogP contribution in [0.4, 0.5) is 0 Å². The maximum atomic E-state index is 8.75. The van der Waals surface area contributed by atoms with Gasteiger partial charge in [-0.3, -0.25) is 0 Å². The third-order valence-corrected chi connectivity index (χ3v) is 3.22. The predicted octanol–water partition coefficient (Wildman–Crippen LogP) is 3.42. The monoisotopic (exact) mass is 214 g/mol. The predicted molar refractivity (Wildman–Crippen MR) is 65.8 cm³/mol. The molecule has 0 heterocycles. The number of hydrogen-bond donors (Lipinski definition) is 1. The number of rotatable bonds is 6. The van der Waals surface area contributed by atoms with Crippen LogP contribution in [0.25, 0.3) is 0 Å². The van der Waals surface area contributed by atoms with Crippen LogP contribution in [-0.4, -0.2) is 28.0 Å². The topological polar surface area (TPSA) is 20.2 Å². The molecule has 0 amide bonds. The Hall–Kier alpha value is 0.492.